The van der Waals surface area contributed by atoms with E-state index in [1.807, 2.05) is 0 Å². The van der Waals surface area contributed by atoms with Gasteiger partial charge in [0.1, 0.15) is 0 Å². The van der Waals surface area contributed by atoms with Gasteiger partial charge in [-0.15, -0.1) is 0 Å². The van der Waals surface area contributed by atoms with Gasteiger partial charge in [0.25, 0.3) is 0 Å². The summed E-state index contributed by atoms with van der Waals surface area (Å²) in [7, 11) is -5.64. The van der Waals surface area contributed by atoms with E-state index in [9.17, 15) is 16.8 Å². The molecule has 0 aromatic heterocycles. The number of nitrogens with one attached hydrogen (secondary N) is 1. The zero-order valence-electron chi connectivity index (χ0n) is 13.8. The lowest BCUT2D eigenvalue weighted by Gasteiger charge is -2.25. The average Bonchev–Trinajstić information content (AvgIpc) is 2.60. The van der Waals surface area contributed by atoms with E-state index in [4.69, 9.17) is 4.74 Å². The van der Waals surface area contributed by atoms with E-state index in [1.165, 1.54) is 28.6 Å². The molecule has 1 saturated heterocycles. The quantitative estimate of drug-likeness (QED) is 0.688. The van der Waals surface area contributed by atoms with E-state index in [2.05, 4.69) is 4.72 Å². The molecule has 0 saturated carbocycles. The highest BCUT2D eigenvalue weighted by Crippen LogP contribution is 2.21. The molecule has 2 rings (SSSR count). The molecule has 1 aliphatic heterocycles. The number of benzene rings is 1. The second kappa shape index (κ2) is 8.39. The topological polar surface area (TPSA) is 92.8 Å². The molecule has 24 heavy (non-hydrogen) atoms. The van der Waals surface area contributed by atoms with Crippen molar-refractivity contribution < 1.29 is 21.6 Å². The number of sulfonamides is 2. The molecule has 136 valence electrons. The molecule has 1 aliphatic rings. The minimum absolute atomic E-state index is 0.0533. The van der Waals surface area contributed by atoms with Gasteiger partial charge in [-0.2, -0.15) is 4.31 Å². The summed E-state index contributed by atoms with van der Waals surface area (Å²) < 4.78 is 58.2. The summed E-state index contributed by atoms with van der Waals surface area (Å²) in [4.78, 5) is 0.181. The molecule has 7 nitrogen and oxygen atoms in total. The highest BCUT2D eigenvalue weighted by atomic mass is 32.2. The maximum Gasteiger partial charge on any atom is 0.243 e. The first-order valence-electron chi connectivity index (χ1n) is 7.97. The first-order chi connectivity index (χ1) is 11.4. The predicted molar refractivity (Wildman–Crippen MR) is 90.7 cm³/mol. The van der Waals surface area contributed by atoms with Crippen LogP contribution in [0.3, 0.4) is 0 Å². The Hall–Kier alpha value is -1.00. The highest BCUT2D eigenvalue weighted by Gasteiger charge is 2.26. The first kappa shape index (κ1) is 19.3. The van der Waals surface area contributed by atoms with Gasteiger partial charge in [-0.3, -0.25) is 0 Å². The van der Waals surface area contributed by atoms with Crippen molar-refractivity contribution in [3.63, 3.8) is 0 Å². The summed E-state index contributed by atoms with van der Waals surface area (Å²) >= 11 is 0. The number of hydrogen-bond donors (Lipinski definition) is 1. The summed E-state index contributed by atoms with van der Waals surface area (Å²) in [6.45, 7) is 1.77. The van der Waals surface area contributed by atoms with Crippen molar-refractivity contribution >= 4 is 20.0 Å². The lowest BCUT2D eigenvalue weighted by molar-refractivity contribution is 0.196. The number of nitrogens with zero attached hydrogens (tertiary/aromatic N) is 1. The zero-order valence-corrected chi connectivity index (χ0v) is 15.4. The lowest BCUT2D eigenvalue weighted by atomic mass is 10.2. The van der Waals surface area contributed by atoms with Crippen LogP contribution in [-0.4, -0.2) is 54.5 Å². The molecule has 0 bridgehead atoms. The van der Waals surface area contributed by atoms with E-state index in [-0.39, 0.29) is 16.3 Å². The van der Waals surface area contributed by atoms with Crippen LogP contribution < -0.4 is 4.72 Å². The Morgan fingerprint density at radius 3 is 2.17 bits per heavy atom. The molecule has 0 aliphatic carbocycles. The summed E-state index contributed by atoms with van der Waals surface area (Å²) in [5, 5.41) is 0. The van der Waals surface area contributed by atoms with Crippen molar-refractivity contribution in [2.75, 3.05) is 33.4 Å². The van der Waals surface area contributed by atoms with Crippen LogP contribution >= 0.6 is 0 Å². The SMILES string of the molecule is COCCCNS(=O)(=O)c1ccc(S(=O)(=O)N2CCCCC2)cc1. The van der Waals surface area contributed by atoms with Gasteiger partial charge in [0.05, 0.1) is 9.79 Å². The van der Waals surface area contributed by atoms with Crippen LogP contribution in [-0.2, 0) is 24.8 Å². The van der Waals surface area contributed by atoms with Crippen LogP contribution in [0, 0.1) is 0 Å². The molecule has 0 unspecified atom stereocenters. The Kier molecular flexibility index (Phi) is 6.76. The Morgan fingerprint density at radius 1 is 1.00 bits per heavy atom. The molecule has 0 radical (unpaired) electrons. The summed E-state index contributed by atoms with van der Waals surface area (Å²) in [5.41, 5.74) is 0. The maximum absolute atomic E-state index is 12.5. The molecule has 0 amide bonds. The van der Waals surface area contributed by atoms with Crippen molar-refractivity contribution in [2.24, 2.45) is 0 Å². The number of hydrogen-bond acceptors (Lipinski definition) is 5. The van der Waals surface area contributed by atoms with Crippen molar-refractivity contribution in [1.29, 1.82) is 0 Å². The molecule has 0 atom stereocenters. The van der Waals surface area contributed by atoms with Gasteiger partial charge in [-0.1, -0.05) is 6.42 Å². The van der Waals surface area contributed by atoms with Crippen molar-refractivity contribution in [3.8, 4) is 0 Å². The summed E-state index contributed by atoms with van der Waals surface area (Å²) in [6, 6.07) is 5.37. The second-order valence-electron chi connectivity index (χ2n) is 5.68. The van der Waals surface area contributed by atoms with Gasteiger partial charge < -0.3 is 4.74 Å². The smallest absolute Gasteiger partial charge is 0.243 e. The third kappa shape index (κ3) is 4.76. The fraction of sp³-hybridized carbons (Fsp3) is 0.600. The Bertz CT molecular complexity index is 724. The third-order valence-electron chi connectivity index (χ3n) is 3.90. The maximum atomic E-state index is 12.5. The van der Waals surface area contributed by atoms with Gasteiger partial charge in [-0.05, 0) is 43.5 Å². The lowest BCUT2D eigenvalue weighted by Crippen LogP contribution is -2.35. The molecule has 9 heteroatoms. The number of piperidine rings is 1. The third-order valence-corrected chi connectivity index (χ3v) is 7.29. The van der Waals surface area contributed by atoms with Gasteiger partial charge in [-0.25, -0.2) is 21.6 Å². The van der Waals surface area contributed by atoms with Crippen LogP contribution in [0.1, 0.15) is 25.7 Å². The van der Waals surface area contributed by atoms with E-state index < -0.39 is 20.0 Å². The van der Waals surface area contributed by atoms with E-state index >= 15 is 0 Å². The van der Waals surface area contributed by atoms with Gasteiger partial charge in [0.15, 0.2) is 0 Å². The molecular formula is C15H24N2O5S2. The normalized spacial score (nSPS) is 17.0. The van der Waals surface area contributed by atoms with Gasteiger partial charge in [0, 0.05) is 33.4 Å². The van der Waals surface area contributed by atoms with Crippen molar-refractivity contribution in [3.05, 3.63) is 24.3 Å². The second-order valence-corrected chi connectivity index (χ2v) is 9.39. The first-order valence-corrected chi connectivity index (χ1v) is 10.9. The average molecular weight is 377 g/mol. The number of rotatable bonds is 8. The Morgan fingerprint density at radius 2 is 1.58 bits per heavy atom. The minimum Gasteiger partial charge on any atom is -0.385 e. The highest BCUT2D eigenvalue weighted by molar-refractivity contribution is 7.89. The monoisotopic (exact) mass is 376 g/mol. The Balaban J connectivity index is 2.09. The molecule has 1 aromatic rings. The fourth-order valence-electron chi connectivity index (χ4n) is 2.55. The van der Waals surface area contributed by atoms with Gasteiger partial charge in [0.2, 0.25) is 20.0 Å². The van der Waals surface area contributed by atoms with Crippen molar-refractivity contribution in [1.82, 2.24) is 9.03 Å². The number of ether oxygens (including phenoxy) is 1. The summed E-state index contributed by atoms with van der Waals surface area (Å²) in [6.07, 6.45) is 3.32. The van der Waals surface area contributed by atoms with Crippen LogP contribution in [0.4, 0.5) is 0 Å². The molecule has 0 spiro atoms. The van der Waals surface area contributed by atoms with E-state index in [0.717, 1.165) is 19.3 Å². The summed E-state index contributed by atoms with van der Waals surface area (Å²) in [5.74, 6) is 0. The zero-order chi connectivity index (χ0) is 17.6. The molecule has 1 aromatic carbocycles. The molecule has 1 fully saturated rings. The molecule has 1 N–H and O–H groups in total. The molecular weight excluding hydrogens is 352 g/mol. The number of methoxy groups -OCH3 is 1. The van der Waals surface area contributed by atoms with Crippen LogP contribution in [0.25, 0.3) is 0 Å². The standard InChI is InChI=1S/C15H24N2O5S2/c1-22-13-5-10-16-23(18,19)14-6-8-15(9-7-14)24(20,21)17-11-3-2-4-12-17/h6-9,16H,2-5,10-13H2,1H3. The molecule has 1 heterocycles. The van der Waals surface area contributed by atoms with Gasteiger partial charge >= 0.3 is 0 Å². The van der Waals surface area contributed by atoms with E-state index in [0.29, 0.717) is 26.1 Å². The van der Waals surface area contributed by atoms with Crippen LogP contribution in [0.5, 0.6) is 0 Å². The van der Waals surface area contributed by atoms with E-state index in [1.54, 1.807) is 7.11 Å². The Labute approximate surface area is 144 Å². The minimum atomic E-state index is -3.64. The van der Waals surface area contributed by atoms with Crippen LogP contribution in [0.15, 0.2) is 34.1 Å². The fourth-order valence-corrected chi connectivity index (χ4v) is 5.14. The van der Waals surface area contributed by atoms with Crippen LogP contribution in [0.2, 0.25) is 0 Å². The largest absolute Gasteiger partial charge is 0.385 e. The van der Waals surface area contributed by atoms with Crippen molar-refractivity contribution in [2.45, 2.75) is 35.5 Å². The predicted octanol–water partition coefficient (Wildman–Crippen LogP) is 1.18.